The molecule has 8 nitrogen and oxygen atoms in total. The predicted molar refractivity (Wildman–Crippen MR) is 101 cm³/mol. The first-order valence-electron chi connectivity index (χ1n) is 8.17. The maximum atomic E-state index is 9.71. The van der Waals surface area contributed by atoms with E-state index in [0.29, 0.717) is 23.0 Å². The number of fused-ring (bicyclic) bond motifs is 1. The van der Waals surface area contributed by atoms with Crippen molar-refractivity contribution in [2.24, 2.45) is 0 Å². The standard InChI is InChI=1S/C19H17N5O3/c1-26-15-5-3-4-14(9-15)24-18-12(11-21-24)10-20-19(23-18)22-13-6-7-16(25)17(8-13)27-2/h3-11,25H,1-2H3,(H,20,22,23). The van der Waals surface area contributed by atoms with E-state index < -0.39 is 0 Å². The van der Waals surface area contributed by atoms with Crippen molar-refractivity contribution in [3.8, 4) is 22.9 Å². The Bertz CT molecular complexity index is 1110. The van der Waals surface area contributed by atoms with E-state index in [9.17, 15) is 5.11 Å². The average Bonchev–Trinajstić information content (AvgIpc) is 3.12. The number of hydrogen-bond acceptors (Lipinski definition) is 7. The lowest BCUT2D eigenvalue weighted by Gasteiger charge is -2.09. The van der Waals surface area contributed by atoms with Crippen molar-refractivity contribution in [2.45, 2.75) is 0 Å². The average molecular weight is 363 g/mol. The fraction of sp³-hybridized carbons (Fsp3) is 0.105. The predicted octanol–water partition coefficient (Wildman–Crippen LogP) is 3.28. The van der Waals surface area contributed by atoms with Gasteiger partial charge in [0.25, 0.3) is 0 Å². The molecule has 0 spiro atoms. The second kappa shape index (κ2) is 6.83. The van der Waals surface area contributed by atoms with Gasteiger partial charge in [0.1, 0.15) is 5.75 Å². The number of benzene rings is 2. The van der Waals surface area contributed by atoms with Gasteiger partial charge in [0.05, 0.1) is 31.5 Å². The lowest BCUT2D eigenvalue weighted by Crippen LogP contribution is -2.01. The largest absolute Gasteiger partial charge is 0.504 e. The van der Waals surface area contributed by atoms with Crippen LogP contribution >= 0.6 is 0 Å². The van der Waals surface area contributed by atoms with Gasteiger partial charge in [-0.1, -0.05) is 6.07 Å². The summed E-state index contributed by atoms with van der Waals surface area (Å²) >= 11 is 0. The molecule has 0 fully saturated rings. The van der Waals surface area contributed by atoms with Gasteiger partial charge in [0, 0.05) is 24.0 Å². The molecule has 0 saturated carbocycles. The summed E-state index contributed by atoms with van der Waals surface area (Å²) in [5.41, 5.74) is 2.18. The van der Waals surface area contributed by atoms with Crippen LogP contribution in [0.5, 0.6) is 17.2 Å². The van der Waals surface area contributed by atoms with Crippen LogP contribution in [0.4, 0.5) is 11.6 Å². The molecule has 2 aromatic carbocycles. The molecule has 2 aromatic heterocycles. The number of hydrogen-bond donors (Lipinski definition) is 2. The van der Waals surface area contributed by atoms with Crippen molar-refractivity contribution in [3.63, 3.8) is 0 Å². The van der Waals surface area contributed by atoms with Crippen LogP contribution in [0.3, 0.4) is 0 Å². The molecule has 0 unspecified atom stereocenters. The Morgan fingerprint density at radius 2 is 1.93 bits per heavy atom. The molecule has 2 heterocycles. The van der Waals surface area contributed by atoms with Gasteiger partial charge >= 0.3 is 0 Å². The molecule has 0 aliphatic rings. The van der Waals surface area contributed by atoms with Crippen molar-refractivity contribution in [3.05, 3.63) is 54.9 Å². The number of phenols is 1. The Labute approximate surface area is 155 Å². The molecule has 0 aliphatic heterocycles. The molecule has 0 radical (unpaired) electrons. The van der Waals surface area contributed by atoms with Crippen molar-refractivity contribution in [1.29, 1.82) is 0 Å². The number of aromatic hydroxyl groups is 1. The quantitative estimate of drug-likeness (QED) is 0.526. The summed E-state index contributed by atoms with van der Waals surface area (Å²) in [6.45, 7) is 0. The highest BCUT2D eigenvalue weighted by Gasteiger charge is 2.10. The third-order valence-electron chi connectivity index (χ3n) is 4.04. The number of nitrogens with zero attached hydrogens (tertiary/aromatic N) is 4. The fourth-order valence-electron chi connectivity index (χ4n) is 2.69. The highest BCUT2D eigenvalue weighted by molar-refractivity contribution is 5.77. The van der Waals surface area contributed by atoms with Crippen LogP contribution < -0.4 is 14.8 Å². The molecule has 0 saturated heterocycles. The minimum atomic E-state index is 0.0653. The summed E-state index contributed by atoms with van der Waals surface area (Å²) < 4.78 is 12.1. The zero-order valence-electron chi connectivity index (χ0n) is 14.7. The molecule has 8 heteroatoms. The SMILES string of the molecule is COc1cccc(-n2ncc3cnc(Nc4ccc(O)c(OC)c4)nc32)c1. The number of nitrogens with one attached hydrogen (secondary N) is 1. The molecule has 0 amide bonds. The van der Waals surface area contributed by atoms with Gasteiger partial charge in [-0.2, -0.15) is 10.1 Å². The number of anilines is 2. The summed E-state index contributed by atoms with van der Waals surface area (Å²) in [5, 5.41) is 18.0. The lowest BCUT2D eigenvalue weighted by molar-refractivity contribution is 0.374. The molecule has 4 rings (SSSR count). The molecular formula is C19H17N5O3. The van der Waals surface area contributed by atoms with E-state index in [1.807, 2.05) is 24.3 Å². The van der Waals surface area contributed by atoms with E-state index in [-0.39, 0.29) is 5.75 Å². The lowest BCUT2D eigenvalue weighted by atomic mass is 10.3. The summed E-state index contributed by atoms with van der Waals surface area (Å²) in [6, 6.07) is 12.5. The van der Waals surface area contributed by atoms with Crippen LogP contribution in [0.1, 0.15) is 0 Å². The Hall–Kier alpha value is -3.81. The zero-order chi connectivity index (χ0) is 18.8. The molecule has 0 aliphatic carbocycles. The topological polar surface area (TPSA) is 94.3 Å². The van der Waals surface area contributed by atoms with Crippen LogP contribution in [0, 0.1) is 0 Å². The summed E-state index contributed by atoms with van der Waals surface area (Å²) in [7, 11) is 3.12. The van der Waals surface area contributed by atoms with E-state index in [1.165, 1.54) is 7.11 Å². The Kier molecular flexibility index (Phi) is 4.21. The van der Waals surface area contributed by atoms with Crippen LogP contribution in [0.25, 0.3) is 16.7 Å². The number of ether oxygens (including phenoxy) is 2. The first-order valence-corrected chi connectivity index (χ1v) is 8.17. The van der Waals surface area contributed by atoms with E-state index in [0.717, 1.165) is 16.8 Å². The number of aromatic nitrogens is 4. The van der Waals surface area contributed by atoms with E-state index in [2.05, 4.69) is 20.4 Å². The van der Waals surface area contributed by atoms with Crippen LogP contribution in [0.15, 0.2) is 54.9 Å². The molecule has 0 bridgehead atoms. The summed E-state index contributed by atoms with van der Waals surface area (Å²) in [6.07, 6.45) is 3.41. The minimum absolute atomic E-state index is 0.0653. The minimum Gasteiger partial charge on any atom is -0.504 e. The van der Waals surface area contributed by atoms with Crippen molar-refractivity contribution in [2.75, 3.05) is 19.5 Å². The molecule has 4 aromatic rings. The Morgan fingerprint density at radius 3 is 2.74 bits per heavy atom. The monoisotopic (exact) mass is 363 g/mol. The molecule has 2 N–H and O–H groups in total. The third-order valence-corrected chi connectivity index (χ3v) is 4.04. The molecule has 27 heavy (non-hydrogen) atoms. The summed E-state index contributed by atoms with van der Waals surface area (Å²) in [4.78, 5) is 8.89. The van der Waals surface area contributed by atoms with Gasteiger partial charge in [-0.05, 0) is 24.3 Å². The van der Waals surface area contributed by atoms with Gasteiger partial charge in [-0.15, -0.1) is 0 Å². The smallest absolute Gasteiger partial charge is 0.229 e. The summed E-state index contributed by atoms with van der Waals surface area (Å²) in [5.74, 6) is 1.57. The van der Waals surface area contributed by atoms with E-state index >= 15 is 0 Å². The van der Waals surface area contributed by atoms with E-state index in [1.54, 1.807) is 42.4 Å². The van der Waals surface area contributed by atoms with Gasteiger partial charge in [0.2, 0.25) is 5.95 Å². The van der Waals surface area contributed by atoms with Crippen LogP contribution in [-0.4, -0.2) is 39.1 Å². The van der Waals surface area contributed by atoms with Gasteiger partial charge in [-0.3, -0.25) is 0 Å². The Balaban J connectivity index is 1.71. The van der Waals surface area contributed by atoms with Gasteiger partial charge < -0.3 is 19.9 Å². The van der Waals surface area contributed by atoms with Gasteiger partial charge in [0.15, 0.2) is 17.1 Å². The first kappa shape index (κ1) is 16.6. The highest BCUT2D eigenvalue weighted by Crippen LogP contribution is 2.30. The molecule has 0 atom stereocenters. The number of rotatable bonds is 5. The van der Waals surface area contributed by atoms with E-state index in [4.69, 9.17) is 9.47 Å². The maximum Gasteiger partial charge on any atom is 0.229 e. The normalized spacial score (nSPS) is 10.7. The van der Waals surface area contributed by atoms with Crippen molar-refractivity contribution < 1.29 is 14.6 Å². The Morgan fingerprint density at radius 1 is 1.04 bits per heavy atom. The zero-order valence-corrected chi connectivity index (χ0v) is 14.7. The van der Waals surface area contributed by atoms with Crippen LogP contribution in [0.2, 0.25) is 0 Å². The fourth-order valence-corrected chi connectivity index (χ4v) is 2.69. The molecule has 136 valence electrons. The number of methoxy groups -OCH3 is 2. The highest BCUT2D eigenvalue weighted by atomic mass is 16.5. The van der Waals surface area contributed by atoms with Crippen molar-refractivity contribution in [1.82, 2.24) is 19.7 Å². The maximum absolute atomic E-state index is 9.71. The first-order chi connectivity index (χ1) is 13.2. The second-order valence-corrected chi connectivity index (χ2v) is 5.74. The van der Waals surface area contributed by atoms with Gasteiger partial charge in [-0.25, -0.2) is 9.67 Å². The third kappa shape index (κ3) is 3.20. The molecular weight excluding hydrogens is 346 g/mol. The second-order valence-electron chi connectivity index (χ2n) is 5.74. The van der Waals surface area contributed by atoms with Crippen LogP contribution in [-0.2, 0) is 0 Å². The van der Waals surface area contributed by atoms with Crippen molar-refractivity contribution >= 4 is 22.7 Å². The number of phenolic OH excluding ortho intramolecular Hbond substituents is 1.